The third-order valence-electron chi connectivity index (χ3n) is 3.16. The molecule has 1 aromatic heterocycles. The van der Waals surface area contributed by atoms with Crippen LogP contribution in [-0.2, 0) is 4.79 Å². The number of nitrogens with zero attached hydrogens (tertiary/aromatic N) is 2. The maximum atomic E-state index is 12.2. The molecule has 112 valence electrons. The van der Waals surface area contributed by atoms with E-state index in [4.69, 9.17) is 9.15 Å². The average molecular weight is 361 g/mol. The SMILES string of the molecule is CN(C(=O)COc1nc2ccccc2o1)c1cccc(Br)c1. The zero-order valence-electron chi connectivity index (χ0n) is 11.8. The lowest BCUT2D eigenvalue weighted by molar-refractivity contribution is -0.120. The van der Waals surface area contributed by atoms with Crippen molar-refractivity contribution in [2.24, 2.45) is 0 Å². The van der Waals surface area contributed by atoms with E-state index in [0.717, 1.165) is 10.2 Å². The molecule has 6 heteroatoms. The fourth-order valence-electron chi connectivity index (χ4n) is 1.96. The van der Waals surface area contributed by atoms with Crippen molar-refractivity contribution >= 4 is 38.6 Å². The van der Waals surface area contributed by atoms with E-state index >= 15 is 0 Å². The number of rotatable bonds is 4. The normalized spacial score (nSPS) is 10.6. The second-order valence-electron chi connectivity index (χ2n) is 4.67. The predicted molar refractivity (Wildman–Crippen MR) is 87.1 cm³/mol. The van der Waals surface area contributed by atoms with Crippen molar-refractivity contribution in [1.29, 1.82) is 0 Å². The number of carbonyl (C=O) groups is 1. The van der Waals surface area contributed by atoms with Crippen LogP contribution in [0.15, 0.2) is 57.4 Å². The number of halogens is 1. The first kappa shape index (κ1) is 14.6. The summed E-state index contributed by atoms with van der Waals surface area (Å²) in [6.45, 7) is -0.143. The van der Waals surface area contributed by atoms with Gasteiger partial charge < -0.3 is 14.1 Å². The molecule has 0 unspecified atom stereocenters. The third kappa shape index (κ3) is 3.12. The Kier molecular flexibility index (Phi) is 4.11. The highest BCUT2D eigenvalue weighted by Gasteiger charge is 2.14. The molecule has 0 aliphatic rings. The van der Waals surface area contributed by atoms with Crippen LogP contribution >= 0.6 is 15.9 Å². The Hall–Kier alpha value is -2.34. The summed E-state index contributed by atoms with van der Waals surface area (Å²) in [6.07, 6.45) is 0.0946. The van der Waals surface area contributed by atoms with Gasteiger partial charge in [-0.05, 0) is 30.3 Å². The van der Waals surface area contributed by atoms with E-state index in [9.17, 15) is 4.79 Å². The summed E-state index contributed by atoms with van der Waals surface area (Å²) in [5.74, 6) is -0.194. The number of amides is 1. The number of aromatic nitrogens is 1. The number of benzene rings is 2. The van der Waals surface area contributed by atoms with Gasteiger partial charge in [-0.2, -0.15) is 4.98 Å². The van der Waals surface area contributed by atoms with E-state index in [-0.39, 0.29) is 18.6 Å². The monoisotopic (exact) mass is 360 g/mol. The molecule has 0 aliphatic carbocycles. The van der Waals surface area contributed by atoms with E-state index in [0.29, 0.717) is 11.1 Å². The van der Waals surface area contributed by atoms with Crippen molar-refractivity contribution in [3.05, 3.63) is 53.0 Å². The molecule has 0 radical (unpaired) electrons. The van der Waals surface area contributed by atoms with Crippen molar-refractivity contribution in [3.8, 4) is 6.08 Å². The number of hydrogen-bond donors (Lipinski definition) is 0. The number of ether oxygens (including phenoxy) is 1. The van der Waals surface area contributed by atoms with Crippen molar-refractivity contribution in [2.75, 3.05) is 18.6 Å². The van der Waals surface area contributed by atoms with Crippen LogP contribution in [0.5, 0.6) is 6.08 Å². The third-order valence-corrected chi connectivity index (χ3v) is 3.66. The van der Waals surface area contributed by atoms with E-state index in [1.807, 2.05) is 42.5 Å². The van der Waals surface area contributed by atoms with Crippen LogP contribution in [0.1, 0.15) is 0 Å². The molecule has 0 spiro atoms. The molecule has 22 heavy (non-hydrogen) atoms. The Morgan fingerprint density at radius 1 is 1.27 bits per heavy atom. The van der Waals surface area contributed by atoms with Gasteiger partial charge in [0.25, 0.3) is 5.91 Å². The molecule has 0 saturated heterocycles. The standard InChI is InChI=1S/C16H13BrN2O3/c1-19(12-6-4-5-11(17)9-12)15(20)10-21-16-18-13-7-2-3-8-14(13)22-16/h2-9H,10H2,1H3. The molecule has 0 saturated carbocycles. The van der Waals surface area contributed by atoms with Gasteiger partial charge in [0, 0.05) is 17.2 Å². The highest BCUT2D eigenvalue weighted by Crippen LogP contribution is 2.21. The number of hydrogen-bond acceptors (Lipinski definition) is 4. The largest absolute Gasteiger partial charge is 0.440 e. The summed E-state index contributed by atoms with van der Waals surface area (Å²) in [5, 5.41) is 0. The summed E-state index contributed by atoms with van der Waals surface area (Å²) in [7, 11) is 1.69. The van der Waals surface area contributed by atoms with E-state index < -0.39 is 0 Å². The lowest BCUT2D eigenvalue weighted by Crippen LogP contribution is -2.31. The summed E-state index contributed by atoms with van der Waals surface area (Å²) in [6, 6.07) is 14.8. The first-order valence-electron chi connectivity index (χ1n) is 6.64. The van der Waals surface area contributed by atoms with Gasteiger partial charge >= 0.3 is 6.08 Å². The molecule has 3 rings (SSSR count). The van der Waals surface area contributed by atoms with E-state index in [2.05, 4.69) is 20.9 Å². The van der Waals surface area contributed by atoms with E-state index in [1.165, 1.54) is 4.90 Å². The average Bonchev–Trinajstić information content (AvgIpc) is 2.94. The molecule has 0 atom stereocenters. The molecular weight excluding hydrogens is 348 g/mol. The molecule has 0 N–H and O–H groups in total. The number of para-hydroxylation sites is 2. The highest BCUT2D eigenvalue weighted by atomic mass is 79.9. The summed E-state index contributed by atoms with van der Waals surface area (Å²) in [5.41, 5.74) is 2.11. The summed E-state index contributed by atoms with van der Waals surface area (Å²) >= 11 is 3.38. The second-order valence-corrected chi connectivity index (χ2v) is 5.58. The minimum Gasteiger partial charge on any atom is -0.440 e. The lowest BCUT2D eigenvalue weighted by atomic mass is 10.3. The van der Waals surface area contributed by atoms with Crippen molar-refractivity contribution < 1.29 is 13.9 Å². The van der Waals surface area contributed by atoms with Gasteiger partial charge in [-0.1, -0.05) is 34.1 Å². The molecule has 2 aromatic carbocycles. The van der Waals surface area contributed by atoms with Gasteiger partial charge in [-0.15, -0.1) is 0 Å². The van der Waals surface area contributed by atoms with E-state index in [1.54, 1.807) is 13.1 Å². The van der Waals surface area contributed by atoms with Gasteiger partial charge in [0.2, 0.25) is 0 Å². The van der Waals surface area contributed by atoms with Crippen molar-refractivity contribution in [3.63, 3.8) is 0 Å². The maximum absolute atomic E-state index is 12.2. The Bertz CT molecular complexity index is 783. The van der Waals surface area contributed by atoms with Crippen molar-refractivity contribution in [1.82, 2.24) is 4.98 Å². The fraction of sp³-hybridized carbons (Fsp3) is 0.125. The minimum absolute atomic E-state index is 0.0946. The summed E-state index contributed by atoms with van der Waals surface area (Å²) in [4.78, 5) is 17.8. The molecule has 5 nitrogen and oxygen atoms in total. The smallest absolute Gasteiger partial charge is 0.395 e. The Morgan fingerprint density at radius 2 is 2.09 bits per heavy atom. The van der Waals surface area contributed by atoms with Gasteiger partial charge in [-0.3, -0.25) is 4.79 Å². The molecular formula is C16H13BrN2O3. The molecule has 1 amide bonds. The van der Waals surface area contributed by atoms with Gasteiger partial charge in [0.15, 0.2) is 12.2 Å². The number of oxazole rings is 1. The Balaban J connectivity index is 1.66. The van der Waals surface area contributed by atoms with Gasteiger partial charge in [0.1, 0.15) is 5.52 Å². The Morgan fingerprint density at radius 3 is 2.86 bits per heavy atom. The van der Waals surface area contributed by atoms with Crippen LogP contribution in [0, 0.1) is 0 Å². The molecule has 1 heterocycles. The predicted octanol–water partition coefficient (Wildman–Crippen LogP) is 3.63. The maximum Gasteiger partial charge on any atom is 0.395 e. The van der Waals surface area contributed by atoms with Crippen LogP contribution in [-0.4, -0.2) is 24.5 Å². The fourth-order valence-corrected chi connectivity index (χ4v) is 2.35. The summed E-state index contributed by atoms with van der Waals surface area (Å²) < 4.78 is 11.7. The zero-order chi connectivity index (χ0) is 15.5. The molecule has 0 bridgehead atoms. The van der Waals surface area contributed by atoms with Crippen LogP contribution in [0.2, 0.25) is 0 Å². The molecule has 3 aromatic rings. The number of carbonyl (C=O) groups excluding carboxylic acids is 1. The minimum atomic E-state index is -0.194. The number of likely N-dealkylation sites (N-methyl/N-ethyl adjacent to an activating group) is 1. The zero-order valence-corrected chi connectivity index (χ0v) is 13.4. The Labute approximate surface area is 135 Å². The number of fused-ring (bicyclic) bond motifs is 1. The first-order chi connectivity index (χ1) is 10.6. The molecule has 0 aliphatic heterocycles. The lowest BCUT2D eigenvalue weighted by Gasteiger charge is -2.17. The molecule has 0 fully saturated rings. The second kappa shape index (κ2) is 6.19. The van der Waals surface area contributed by atoms with Crippen LogP contribution in [0.4, 0.5) is 5.69 Å². The van der Waals surface area contributed by atoms with Gasteiger partial charge in [-0.25, -0.2) is 0 Å². The van der Waals surface area contributed by atoms with Gasteiger partial charge in [0.05, 0.1) is 0 Å². The van der Waals surface area contributed by atoms with Crippen molar-refractivity contribution in [2.45, 2.75) is 0 Å². The first-order valence-corrected chi connectivity index (χ1v) is 7.43. The van der Waals surface area contributed by atoms with Crippen LogP contribution in [0.25, 0.3) is 11.1 Å². The van der Waals surface area contributed by atoms with Crippen LogP contribution < -0.4 is 9.64 Å². The van der Waals surface area contributed by atoms with Crippen LogP contribution in [0.3, 0.4) is 0 Å². The highest BCUT2D eigenvalue weighted by molar-refractivity contribution is 9.10. The quantitative estimate of drug-likeness (QED) is 0.712. The number of anilines is 1. The topological polar surface area (TPSA) is 55.6 Å².